The lowest BCUT2D eigenvalue weighted by Gasteiger charge is -2.32. The molecule has 154 valence electrons. The summed E-state index contributed by atoms with van der Waals surface area (Å²) in [6, 6.07) is 10.3. The Kier molecular flexibility index (Phi) is 6.64. The van der Waals surface area contributed by atoms with E-state index in [1.807, 2.05) is 12.1 Å². The van der Waals surface area contributed by atoms with Crippen molar-refractivity contribution in [2.24, 2.45) is 5.92 Å². The molecule has 0 aliphatic carbocycles. The Bertz CT molecular complexity index is 863. The molecule has 2 N–H and O–H groups in total. The van der Waals surface area contributed by atoms with Gasteiger partial charge >= 0.3 is 6.03 Å². The molecule has 1 aliphatic rings. The maximum atomic E-state index is 13.7. The van der Waals surface area contributed by atoms with Crippen molar-refractivity contribution in [1.82, 2.24) is 10.2 Å². The molecule has 8 heteroatoms. The summed E-state index contributed by atoms with van der Waals surface area (Å²) < 4.78 is 32.6. The van der Waals surface area contributed by atoms with Gasteiger partial charge in [0, 0.05) is 19.6 Å². The number of nitrogens with one attached hydrogen (secondary N) is 2. The van der Waals surface area contributed by atoms with Crippen LogP contribution in [-0.2, 0) is 0 Å². The molecule has 0 unspecified atom stereocenters. The molecule has 29 heavy (non-hydrogen) atoms. The van der Waals surface area contributed by atoms with E-state index in [0.717, 1.165) is 12.1 Å². The van der Waals surface area contributed by atoms with Crippen molar-refractivity contribution < 1.29 is 23.1 Å². The summed E-state index contributed by atoms with van der Waals surface area (Å²) in [5, 5.41) is 5.43. The predicted octanol–water partition coefficient (Wildman–Crippen LogP) is 3.65. The molecular weight excluding hydrogens is 380 g/mol. The van der Waals surface area contributed by atoms with E-state index in [4.69, 9.17) is 4.74 Å². The van der Waals surface area contributed by atoms with Gasteiger partial charge in [0.1, 0.15) is 22.9 Å². The number of nitrogens with zero attached hydrogens (tertiary/aromatic N) is 1. The normalized spacial score (nSPS) is 14.4. The van der Waals surface area contributed by atoms with Crippen LogP contribution in [0.3, 0.4) is 0 Å². The van der Waals surface area contributed by atoms with Crippen LogP contribution in [0, 0.1) is 17.6 Å². The molecule has 2 aromatic rings. The second-order valence-electron chi connectivity index (χ2n) is 6.87. The van der Waals surface area contributed by atoms with Crippen LogP contribution >= 0.6 is 0 Å². The van der Waals surface area contributed by atoms with Gasteiger partial charge in [-0.15, -0.1) is 0 Å². The number of amides is 3. The number of rotatable bonds is 5. The van der Waals surface area contributed by atoms with E-state index in [1.165, 1.54) is 13.2 Å². The SMILES string of the molecule is COc1ccccc1NC(=O)N1CCC(CNC(=O)c2c(F)cccc2F)CC1. The van der Waals surface area contributed by atoms with Crippen LogP contribution in [0.25, 0.3) is 0 Å². The first kappa shape index (κ1) is 20.6. The number of halogens is 2. The van der Waals surface area contributed by atoms with Gasteiger partial charge < -0.3 is 20.3 Å². The Morgan fingerprint density at radius 1 is 1.07 bits per heavy atom. The van der Waals surface area contributed by atoms with Gasteiger partial charge in [-0.1, -0.05) is 18.2 Å². The first-order chi connectivity index (χ1) is 14.0. The largest absolute Gasteiger partial charge is 0.495 e. The lowest BCUT2D eigenvalue weighted by molar-refractivity contribution is 0.0930. The smallest absolute Gasteiger partial charge is 0.321 e. The average Bonchev–Trinajstić information content (AvgIpc) is 2.73. The number of ether oxygens (including phenoxy) is 1. The second kappa shape index (κ2) is 9.36. The van der Waals surface area contributed by atoms with Gasteiger partial charge in [0.25, 0.3) is 5.91 Å². The molecule has 1 fully saturated rings. The Balaban J connectivity index is 1.48. The minimum atomic E-state index is -0.884. The molecule has 0 aromatic heterocycles. The maximum Gasteiger partial charge on any atom is 0.321 e. The number of hydrogen-bond acceptors (Lipinski definition) is 3. The number of anilines is 1. The standard InChI is InChI=1S/C21H23F2N3O3/c1-29-18-8-3-2-7-17(18)25-21(28)26-11-9-14(10-12-26)13-24-20(27)19-15(22)5-4-6-16(19)23/h2-8,14H,9-13H2,1H3,(H,24,27)(H,25,28). The molecule has 3 rings (SSSR count). The van der Waals surface area contributed by atoms with E-state index in [-0.39, 0.29) is 11.9 Å². The molecule has 1 saturated heterocycles. The van der Waals surface area contributed by atoms with Gasteiger partial charge in [-0.2, -0.15) is 0 Å². The lowest BCUT2D eigenvalue weighted by Crippen LogP contribution is -2.43. The van der Waals surface area contributed by atoms with Crippen LogP contribution in [0.15, 0.2) is 42.5 Å². The number of para-hydroxylation sites is 2. The van der Waals surface area contributed by atoms with E-state index in [2.05, 4.69) is 10.6 Å². The molecular formula is C21H23F2N3O3. The molecule has 0 saturated carbocycles. The molecule has 2 aromatic carbocycles. The molecule has 0 spiro atoms. The van der Waals surface area contributed by atoms with Crippen LogP contribution in [0.2, 0.25) is 0 Å². The molecule has 3 amide bonds. The number of carbonyl (C=O) groups excluding carboxylic acids is 2. The number of carbonyl (C=O) groups is 2. The fourth-order valence-corrected chi connectivity index (χ4v) is 3.32. The minimum Gasteiger partial charge on any atom is -0.495 e. The Morgan fingerprint density at radius 3 is 2.38 bits per heavy atom. The summed E-state index contributed by atoms with van der Waals surface area (Å²) in [6.07, 6.45) is 1.36. The number of urea groups is 1. The first-order valence-corrected chi connectivity index (χ1v) is 9.40. The lowest BCUT2D eigenvalue weighted by atomic mass is 9.97. The van der Waals surface area contributed by atoms with Crippen molar-refractivity contribution >= 4 is 17.6 Å². The minimum absolute atomic E-state index is 0.129. The Hall–Kier alpha value is -3.16. The van der Waals surface area contributed by atoms with Gasteiger partial charge in [-0.25, -0.2) is 13.6 Å². The number of likely N-dealkylation sites (tertiary alicyclic amines) is 1. The highest BCUT2D eigenvalue weighted by Crippen LogP contribution is 2.24. The first-order valence-electron chi connectivity index (χ1n) is 9.40. The van der Waals surface area contributed by atoms with E-state index >= 15 is 0 Å². The Labute approximate surface area is 167 Å². The second-order valence-corrected chi connectivity index (χ2v) is 6.87. The summed E-state index contributed by atoms with van der Waals surface area (Å²) in [7, 11) is 1.54. The van der Waals surface area contributed by atoms with Crippen molar-refractivity contribution in [2.75, 3.05) is 32.1 Å². The van der Waals surface area contributed by atoms with Crippen LogP contribution < -0.4 is 15.4 Å². The van der Waals surface area contributed by atoms with Crippen molar-refractivity contribution in [2.45, 2.75) is 12.8 Å². The van der Waals surface area contributed by atoms with E-state index in [1.54, 1.807) is 17.0 Å². The zero-order chi connectivity index (χ0) is 20.8. The number of piperidine rings is 1. The van der Waals surface area contributed by atoms with Crippen LogP contribution in [-0.4, -0.2) is 43.6 Å². The summed E-state index contributed by atoms with van der Waals surface area (Å²) in [5.41, 5.74) is 0.0300. The third-order valence-electron chi connectivity index (χ3n) is 4.99. The van der Waals surface area contributed by atoms with Crippen molar-refractivity contribution in [1.29, 1.82) is 0 Å². The van der Waals surface area contributed by atoms with Crippen LogP contribution in [0.4, 0.5) is 19.3 Å². The summed E-state index contributed by atoms with van der Waals surface area (Å²) >= 11 is 0. The molecule has 0 bridgehead atoms. The summed E-state index contributed by atoms with van der Waals surface area (Å²) in [5.74, 6) is -1.82. The maximum absolute atomic E-state index is 13.7. The van der Waals surface area contributed by atoms with E-state index in [0.29, 0.717) is 43.9 Å². The quantitative estimate of drug-likeness (QED) is 0.801. The van der Waals surface area contributed by atoms with Crippen molar-refractivity contribution in [3.05, 3.63) is 59.7 Å². The van der Waals surface area contributed by atoms with Gasteiger partial charge in [0.15, 0.2) is 0 Å². The van der Waals surface area contributed by atoms with Gasteiger partial charge in [-0.3, -0.25) is 4.79 Å². The molecule has 0 radical (unpaired) electrons. The fourth-order valence-electron chi connectivity index (χ4n) is 3.32. The third-order valence-corrected chi connectivity index (χ3v) is 4.99. The van der Waals surface area contributed by atoms with Gasteiger partial charge in [0.2, 0.25) is 0 Å². The molecule has 1 heterocycles. The predicted molar refractivity (Wildman–Crippen MR) is 105 cm³/mol. The average molecular weight is 403 g/mol. The summed E-state index contributed by atoms with van der Waals surface area (Å²) in [6.45, 7) is 1.35. The Morgan fingerprint density at radius 2 is 1.72 bits per heavy atom. The highest BCUT2D eigenvalue weighted by molar-refractivity contribution is 5.94. The molecule has 1 aliphatic heterocycles. The van der Waals surface area contributed by atoms with Crippen LogP contribution in [0.5, 0.6) is 5.75 Å². The van der Waals surface area contributed by atoms with Gasteiger partial charge in [0.05, 0.1) is 12.8 Å². The van der Waals surface area contributed by atoms with E-state index in [9.17, 15) is 18.4 Å². The molecule has 6 nitrogen and oxygen atoms in total. The summed E-state index contributed by atoms with van der Waals surface area (Å²) in [4.78, 5) is 26.3. The number of methoxy groups -OCH3 is 1. The zero-order valence-electron chi connectivity index (χ0n) is 16.1. The highest BCUT2D eigenvalue weighted by atomic mass is 19.1. The third kappa shape index (κ3) is 5.01. The van der Waals surface area contributed by atoms with Gasteiger partial charge in [-0.05, 0) is 43.0 Å². The molecule has 0 atom stereocenters. The number of benzene rings is 2. The fraction of sp³-hybridized carbons (Fsp3) is 0.333. The number of hydrogen-bond donors (Lipinski definition) is 2. The topological polar surface area (TPSA) is 70.7 Å². The van der Waals surface area contributed by atoms with Crippen molar-refractivity contribution in [3.8, 4) is 5.75 Å². The highest BCUT2D eigenvalue weighted by Gasteiger charge is 2.24. The van der Waals surface area contributed by atoms with E-state index < -0.39 is 23.1 Å². The zero-order valence-corrected chi connectivity index (χ0v) is 16.1. The van der Waals surface area contributed by atoms with Crippen molar-refractivity contribution in [3.63, 3.8) is 0 Å². The van der Waals surface area contributed by atoms with Crippen LogP contribution in [0.1, 0.15) is 23.2 Å². The monoisotopic (exact) mass is 403 g/mol.